The third-order valence-electron chi connectivity index (χ3n) is 7.96. The average molecular weight is 577 g/mol. The molecule has 1 fully saturated rings. The first kappa shape index (κ1) is 30.6. The van der Waals surface area contributed by atoms with E-state index in [0.29, 0.717) is 0 Å². The number of rotatable bonds is 12. The molecule has 1 aliphatic carbocycles. The van der Waals surface area contributed by atoms with Crippen LogP contribution in [-0.4, -0.2) is 52.2 Å². The van der Waals surface area contributed by atoms with Crippen LogP contribution in [0.4, 0.5) is 4.79 Å². The third kappa shape index (κ3) is 8.11. The number of ether oxygens (including phenoxy) is 1. The summed E-state index contributed by atoms with van der Waals surface area (Å²) in [4.78, 5) is 53.7. The van der Waals surface area contributed by atoms with Crippen molar-refractivity contribution in [2.45, 2.75) is 76.5 Å². The van der Waals surface area contributed by atoms with Crippen LogP contribution in [0.3, 0.4) is 0 Å². The van der Waals surface area contributed by atoms with Gasteiger partial charge in [-0.1, -0.05) is 61.9 Å². The van der Waals surface area contributed by atoms with Gasteiger partial charge in [0.25, 0.3) is 0 Å². The topological polar surface area (TPSA) is 150 Å². The maximum atomic E-state index is 13.9. The second-order valence-corrected chi connectivity index (χ2v) is 11.3. The average Bonchev–Trinajstić information content (AvgIpc) is 3.37. The zero-order valence-corrected chi connectivity index (χ0v) is 24.2. The summed E-state index contributed by atoms with van der Waals surface area (Å²) >= 11 is 0. The molecule has 10 heteroatoms. The summed E-state index contributed by atoms with van der Waals surface area (Å²) in [6, 6.07) is 16.2. The van der Waals surface area contributed by atoms with Crippen molar-refractivity contribution >= 4 is 34.8 Å². The molecule has 0 spiro atoms. The molecular formula is C32H40N4O6. The van der Waals surface area contributed by atoms with Gasteiger partial charge in [-0.05, 0) is 49.3 Å². The Bertz CT molecular complexity index is 1390. The summed E-state index contributed by atoms with van der Waals surface area (Å²) in [5.41, 5.74) is 1.14. The molecule has 4 atom stereocenters. The van der Waals surface area contributed by atoms with Crippen LogP contribution in [0.1, 0.15) is 69.5 Å². The lowest BCUT2D eigenvalue weighted by Crippen LogP contribution is -2.59. The van der Waals surface area contributed by atoms with Gasteiger partial charge in [-0.25, -0.2) is 4.79 Å². The van der Waals surface area contributed by atoms with Crippen LogP contribution in [0.2, 0.25) is 0 Å². The van der Waals surface area contributed by atoms with Gasteiger partial charge in [-0.15, -0.1) is 0 Å². The normalized spacial score (nSPS) is 18.8. The molecule has 0 aliphatic heterocycles. The monoisotopic (exact) mass is 576 g/mol. The van der Waals surface area contributed by atoms with Gasteiger partial charge in [-0.3, -0.25) is 14.4 Å². The van der Waals surface area contributed by atoms with Gasteiger partial charge in [0, 0.05) is 36.5 Å². The van der Waals surface area contributed by atoms with Gasteiger partial charge in [-0.2, -0.15) is 0 Å². The predicted molar refractivity (Wildman–Crippen MR) is 159 cm³/mol. The maximum absolute atomic E-state index is 13.9. The molecule has 1 heterocycles. The molecule has 42 heavy (non-hydrogen) atoms. The van der Waals surface area contributed by atoms with E-state index in [0.717, 1.165) is 47.7 Å². The van der Waals surface area contributed by atoms with Gasteiger partial charge >= 0.3 is 12.1 Å². The first-order valence-electron chi connectivity index (χ1n) is 14.5. The number of alkyl carbamates (subject to hydrolysis) is 1. The van der Waals surface area contributed by atoms with Crippen molar-refractivity contribution in [2.75, 3.05) is 6.54 Å². The molecule has 3 amide bonds. The summed E-state index contributed by atoms with van der Waals surface area (Å²) in [5, 5.41) is 18.5. The Morgan fingerprint density at radius 1 is 1.02 bits per heavy atom. The number of nitrogens with one attached hydrogen (secondary N) is 4. The molecule has 3 aromatic rings. The van der Waals surface area contributed by atoms with Crippen molar-refractivity contribution in [3.8, 4) is 0 Å². The van der Waals surface area contributed by atoms with Crippen molar-refractivity contribution in [1.29, 1.82) is 0 Å². The number of aliphatic carboxylic acids is 1. The molecule has 4 unspecified atom stereocenters. The molecule has 4 rings (SSSR count). The number of fused-ring (bicyclic) bond motifs is 1. The molecule has 10 nitrogen and oxygen atoms in total. The van der Waals surface area contributed by atoms with Crippen LogP contribution in [0.15, 0.2) is 60.8 Å². The van der Waals surface area contributed by atoms with E-state index in [-0.39, 0.29) is 37.8 Å². The van der Waals surface area contributed by atoms with Crippen LogP contribution in [0.5, 0.6) is 0 Å². The Kier molecular flexibility index (Phi) is 10.2. The van der Waals surface area contributed by atoms with Crippen LogP contribution in [-0.2, 0) is 25.5 Å². The van der Waals surface area contributed by atoms with E-state index in [4.69, 9.17) is 9.84 Å². The molecule has 0 saturated heterocycles. The summed E-state index contributed by atoms with van der Waals surface area (Å²) in [5.74, 6) is -1.70. The van der Waals surface area contributed by atoms with E-state index in [2.05, 4.69) is 27.9 Å². The molecule has 0 radical (unpaired) electrons. The van der Waals surface area contributed by atoms with Gasteiger partial charge in [0.1, 0.15) is 11.6 Å². The number of aromatic nitrogens is 1. The third-order valence-corrected chi connectivity index (χ3v) is 7.96. The zero-order chi connectivity index (χ0) is 30.1. The van der Waals surface area contributed by atoms with Crippen molar-refractivity contribution in [3.05, 3.63) is 71.9 Å². The molecule has 0 bridgehead atoms. The number of carbonyl (C=O) groups excluding carboxylic acids is 3. The van der Waals surface area contributed by atoms with Crippen LogP contribution in [0, 0.1) is 5.92 Å². The van der Waals surface area contributed by atoms with Crippen molar-refractivity contribution in [3.63, 3.8) is 0 Å². The number of carbonyl (C=O) groups is 4. The number of aromatic amines is 1. The lowest BCUT2D eigenvalue weighted by atomic mass is 9.88. The maximum Gasteiger partial charge on any atom is 0.408 e. The highest BCUT2D eigenvalue weighted by Crippen LogP contribution is 2.27. The highest BCUT2D eigenvalue weighted by Gasteiger charge is 2.38. The van der Waals surface area contributed by atoms with Gasteiger partial charge in [0.2, 0.25) is 11.8 Å². The number of amides is 3. The lowest BCUT2D eigenvalue weighted by Gasteiger charge is -2.33. The second kappa shape index (κ2) is 14.0. The number of para-hydroxylation sites is 1. The Labute approximate surface area is 245 Å². The number of carboxylic acid groups (broad SMARTS) is 1. The quantitative estimate of drug-likeness (QED) is 0.213. The molecular weight excluding hydrogens is 536 g/mol. The highest BCUT2D eigenvalue weighted by molar-refractivity contribution is 5.91. The van der Waals surface area contributed by atoms with E-state index in [1.165, 1.54) is 0 Å². The van der Waals surface area contributed by atoms with Gasteiger partial charge < -0.3 is 30.8 Å². The zero-order valence-electron chi connectivity index (χ0n) is 24.2. The van der Waals surface area contributed by atoms with Crippen LogP contribution < -0.4 is 16.0 Å². The minimum absolute atomic E-state index is 0.0293. The van der Waals surface area contributed by atoms with Crippen molar-refractivity contribution < 1.29 is 29.0 Å². The first-order chi connectivity index (χ1) is 20.1. The molecule has 1 saturated carbocycles. The Hall–Kier alpha value is -4.34. The smallest absolute Gasteiger partial charge is 0.408 e. The SMILES string of the molecule is CC1CCCCC1OC(=O)NC(C)(Cc1c[nH]c2ccccc12)C(=O)NCC(NC(=O)CCC(=O)O)c1ccccc1. The minimum atomic E-state index is -1.38. The van der Waals surface area contributed by atoms with Crippen LogP contribution >= 0.6 is 0 Å². The van der Waals surface area contributed by atoms with E-state index in [1.54, 1.807) is 6.92 Å². The minimum Gasteiger partial charge on any atom is -0.481 e. The fourth-order valence-corrected chi connectivity index (χ4v) is 5.50. The molecule has 1 aliphatic rings. The van der Waals surface area contributed by atoms with Gasteiger partial charge in [0.05, 0.1) is 12.5 Å². The van der Waals surface area contributed by atoms with Crippen molar-refractivity contribution in [2.24, 2.45) is 5.92 Å². The fourth-order valence-electron chi connectivity index (χ4n) is 5.50. The first-order valence-corrected chi connectivity index (χ1v) is 14.5. The Morgan fingerprint density at radius 2 is 1.74 bits per heavy atom. The van der Waals surface area contributed by atoms with E-state index in [9.17, 15) is 19.2 Å². The lowest BCUT2D eigenvalue weighted by molar-refractivity contribution is -0.138. The van der Waals surface area contributed by atoms with Crippen LogP contribution in [0.25, 0.3) is 10.9 Å². The van der Waals surface area contributed by atoms with Crippen molar-refractivity contribution in [1.82, 2.24) is 20.9 Å². The highest BCUT2D eigenvalue weighted by atomic mass is 16.6. The molecule has 5 N–H and O–H groups in total. The number of benzene rings is 2. The summed E-state index contributed by atoms with van der Waals surface area (Å²) < 4.78 is 5.81. The number of H-pyrrole nitrogens is 1. The number of carboxylic acids is 1. The molecule has 2 aromatic carbocycles. The van der Waals surface area contributed by atoms with E-state index < -0.39 is 35.5 Å². The largest absolute Gasteiger partial charge is 0.481 e. The summed E-state index contributed by atoms with van der Waals surface area (Å²) in [7, 11) is 0. The molecule has 1 aromatic heterocycles. The Morgan fingerprint density at radius 3 is 2.48 bits per heavy atom. The molecule has 224 valence electrons. The predicted octanol–water partition coefficient (Wildman–Crippen LogP) is 4.61. The summed E-state index contributed by atoms with van der Waals surface area (Å²) in [6.07, 6.45) is 4.58. The van der Waals surface area contributed by atoms with Gasteiger partial charge in [0.15, 0.2) is 0 Å². The number of hydrogen-bond acceptors (Lipinski definition) is 5. The Balaban J connectivity index is 1.52. The summed E-state index contributed by atoms with van der Waals surface area (Å²) in [6.45, 7) is 3.77. The van der Waals surface area contributed by atoms with E-state index >= 15 is 0 Å². The number of hydrogen-bond donors (Lipinski definition) is 5. The standard InChI is InChI=1S/C32H40N4O6/c1-21-10-6-9-15-27(21)42-31(41)36-32(2,18-23-19-33-25-14-8-7-13-24(23)25)30(40)34-20-26(22-11-4-3-5-12-22)35-28(37)16-17-29(38)39/h3-5,7-8,11-14,19,21,26-27,33H,6,9-10,15-18,20H2,1-2H3,(H,34,40)(H,35,37)(H,36,41)(H,38,39). The van der Waals surface area contributed by atoms with E-state index in [1.807, 2.05) is 60.8 Å². The fraction of sp³-hybridized carbons (Fsp3) is 0.438. The second-order valence-electron chi connectivity index (χ2n) is 11.3.